The van der Waals surface area contributed by atoms with Crippen LogP contribution in [0.15, 0.2) is 134 Å². The molecule has 0 bridgehead atoms. The van der Waals surface area contributed by atoms with Crippen molar-refractivity contribution >= 4 is 21.8 Å². The van der Waals surface area contributed by atoms with E-state index in [2.05, 4.69) is 177 Å². The van der Waals surface area contributed by atoms with Crippen LogP contribution in [0.25, 0.3) is 55.6 Å². The average molecular weight is 737 g/mol. The molecule has 8 aromatic rings. The highest BCUT2D eigenvalue weighted by Crippen LogP contribution is 2.39. The van der Waals surface area contributed by atoms with Crippen LogP contribution in [-0.2, 0) is 16.2 Å². The number of aromatic nitrogens is 4. The number of hydrogen-bond donors (Lipinski definition) is 0. The van der Waals surface area contributed by atoms with Gasteiger partial charge in [0.15, 0.2) is 0 Å². The Bertz CT molecular complexity index is 2740. The van der Waals surface area contributed by atoms with Gasteiger partial charge in [-0.3, -0.25) is 4.57 Å². The van der Waals surface area contributed by atoms with E-state index >= 15 is 0 Å². The molecule has 8 rings (SSSR count). The van der Waals surface area contributed by atoms with E-state index in [9.17, 15) is 0 Å². The van der Waals surface area contributed by atoms with Crippen LogP contribution in [0.5, 0.6) is 11.5 Å². The molecule has 5 aromatic carbocycles. The van der Waals surface area contributed by atoms with Gasteiger partial charge >= 0.3 is 0 Å². The lowest BCUT2D eigenvalue weighted by Crippen LogP contribution is -2.11. The first kappa shape index (κ1) is 37.0. The molecule has 0 amide bonds. The summed E-state index contributed by atoms with van der Waals surface area (Å²) in [6, 6.07) is 41.2. The van der Waals surface area contributed by atoms with Gasteiger partial charge in [0.1, 0.15) is 17.3 Å². The zero-order valence-corrected chi connectivity index (χ0v) is 34.4. The average Bonchev–Trinajstić information content (AvgIpc) is 3.78. The Hall–Kier alpha value is -5.94. The first-order valence-electron chi connectivity index (χ1n) is 19.6. The van der Waals surface area contributed by atoms with Gasteiger partial charge in [0.2, 0.25) is 0 Å². The Labute approximate surface area is 331 Å². The van der Waals surface area contributed by atoms with Crippen molar-refractivity contribution in [3.05, 3.63) is 156 Å². The number of fused-ring (bicyclic) bond motifs is 3. The summed E-state index contributed by atoms with van der Waals surface area (Å²) in [5, 5.41) is 7.08. The molecule has 3 heterocycles. The third-order valence-corrected chi connectivity index (χ3v) is 10.9. The number of rotatable bonds is 6. The van der Waals surface area contributed by atoms with Crippen molar-refractivity contribution < 1.29 is 4.74 Å². The second kappa shape index (κ2) is 13.7. The van der Waals surface area contributed by atoms with Crippen LogP contribution < -0.4 is 4.74 Å². The monoisotopic (exact) mass is 736 g/mol. The molecule has 0 spiro atoms. The van der Waals surface area contributed by atoms with Crippen LogP contribution in [0, 0.1) is 6.92 Å². The van der Waals surface area contributed by atoms with Gasteiger partial charge in [-0.2, -0.15) is 5.10 Å². The van der Waals surface area contributed by atoms with Gasteiger partial charge in [0.25, 0.3) is 0 Å². The number of hydrogen-bond acceptors (Lipinski definition) is 3. The highest BCUT2D eigenvalue weighted by molar-refractivity contribution is 6.09. The number of aryl methyl sites for hydroxylation is 1. The third-order valence-electron chi connectivity index (χ3n) is 10.9. The Balaban J connectivity index is 1.20. The summed E-state index contributed by atoms with van der Waals surface area (Å²) in [5.74, 6) is 2.36. The van der Waals surface area contributed by atoms with Crippen LogP contribution in [0.2, 0.25) is 0 Å². The van der Waals surface area contributed by atoms with Gasteiger partial charge in [-0.25, -0.2) is 9.67 Å². The molecule has 0 fully saturated rings. The highest BCUT2D eigenvalue weighted by atomic mass is 16.5. The fourth-order valence-electron chi connectivity index (χ4n) is 7.48. The summed E-state index contributed by atoms with van der Waals surface area (Å²) in [5.41, 5.74) is 12.8. The summed E-state index contributed by atoms with van der Waals surface area (Å²) in [7, 11) is 0. The van der Waals surface area contributed by atoms with Crippen molar-refractivity contribution in [1.29, 1.82) is 0 Å². The first-order chi connectivity index (χ1) is 26.5. The fraction of sp³-hybridized carbons (Fsp3) is 0.255. The number of ether oxygens (including phenoxy) is 1. The van der Waals surface area contributed by atoms with Gasteiger partial charge < -0.3 is 4.74 Å². The zero-order chi connectivity index (χ0) is 39.6. The Morgan fingerprint density at radius 1 is 0.518 bits per heavy atom. The van der Waals surface area contributed by atoms with E-state index in [0.29, 0.717) is 0 Å². The Morgan fingerprint density at radius 2 is 1.11 bits per heavy atom. The first-order valence-corrected chi connectivity index (χ1v) is 19.6. The van der Waals surface area contributed by atoms with E-state index in [1.165, 1.54) is 33.2 Å². The minimum Gasteiger partial charge on any atom is -0.457 e. The molecule has 0 saturated heterocycles. The van der Waals surface area contributed by atoms with E-state index in [1.807, 2.05) is 35.3 Å². The van der Waals surface area contributed by atoms with E-state index < -0.39 is 0 Å². The molecule has 0 unspecified atom stereocenters. The van der Waals surface area contributed by atoms with Gasteiger partial charge in [-0.1, -0.05) is 129 Å². The maximum absolute atomic E-state index is 6.64. The molecule has 0 atom stereocenters. The molecular weight excluding hydrogens is 685 g/mol. The second-order valence-electron chi connectivity index (χ2n) is 18.3. The topological polar surface area (TPSA) is 44.9 Å². The molecular formula is C51H52N4O. The quantitative estimate of drug-likeness (QED) is 0.171. The predicted molar refractivity (Wildman–Crippen MR) is 234 cm³/mol. The number of pyridine rings is 1. The second-order valence-corrected chi connectivity index (χ2v) is 18.3. The van der Waals surface area contributed by atoms with Gasteiger partial charge in [-0.15, -0.1) is 0 Å². The molecule has 0 aliphatic heterocycles. The van der Waals surface area contributed by atoms with Crippen molar-refractivity contribution in [2.45, 2.75) is 85.5 Å². The minimum atomic E-state index is -0.0141. The van der Waals surface area contributed by atoms with Crippen LogP contribution in [0.4, 0.5) is 0 Å². The lowest BCUT2D eigenvalue weighted by Gasteiger charge is -2.21. The fourth-order valence-corrected chi connectivity index (χ4v) is 7.48. The lowest BCUT2D eigenvalue weighted by molar-refractivity contribution is 0.483. The van der Waals surface area contributed by atoms with E-state index in [-0.39, 0.29) is 16.2 Å². The molecule has 0 N–H and O–H groups in total. The zero-order valence-electron chi connectivity index (χ0n) is 34.4. The molecule has 0 aliphatic rings. The van der Waals surface area contributed by atoms with Gasteiger partial charge in [0, 0.05) is 40.9 Å². The standard InChI is InChI=1S/C51H52N4O/c1-33-30-52-48(29-45(33)35-15-12-17-38(25-35)50(5,6)7)55-46-26-39(51(8,9)10)20-22-43(46)44-23-21-42(28-47(44)55)56-41-19-13-18-40(27-41)54-32-36(31-53-54)34-14-11-16-37(24-34)49(2,3)4/h11-32H,1-10H3. The predicted octanol–water partition coefficient (Wildman–Crippen LogP) is 13.7. The SMILES string of the molecule is Cc1cnc(-n2c3cc(Oc4cccc(-n5cc(-c6cccc(C(C)(C)C)c6)cn5)c4)ccc3c3ccc(C(C)(C)C)cc32)cc1-c1cccc(C(C)(C)C)c1. The van der Waals surface area contributed by atoms with E-state index in [0.717, 1.165) is 56.1 Å². The van der Waals surface area contributed by atoms with Crippen LogP contribution >= 0.6 is 0 Å². The largest absolute Gasteiger partial charge is 0.457 e. The van der Waals surface area contributed by atoms with Gasteiger partial charge in [-0.05, 0) is 98.5 Å². The van der Waals surface area contributed by atoms with Crippen LogP contribution in [0.1, 0.15) is 84.6 Å². The highest BCUT2D eigenvalue weighted by Gasteiger charge is 2.21. The molecule has 5 nitrogen and oxygen atoms in total. The molecule has 56 heavy (non-hydrogen) atoms. The smallest absolute Gasteiger partial charge is 0.138 e. The Morgan fingerprint density at radius 3 is 1.80 bits per heavy atom. The van der Waals surface area contributed by atoms with Crippen molar-refractivity contribution in [2.75, 3.05) is 0 Å². The summed E-state index contributed by atoms with van der Waals surface area (Å²) < 4.78 is 10.9. The molecule has 0 saturated carbocycles. The van der Waals surface area contributed by atoms with Crippen molar-refractivity contribution in [3.8, 4) is 45.3 Å². The normalized spacial score (nSPS) is 12.5. The Kier molecular flexibility index (Phi) is 9.03. The molecule has 282 valence electrons. The summed E-state index contributed by atoms with van der Waals surface area (Å²) in [4.78, 5) is 5.08. The minimum absolute atomic E-state index is 0.0141. The van der Waals surface area contributed by atoms with Crippen LogP contribution in [-0.4, -0.2) is 19.3 Å². The van der Waals surface area contributed by atoms with Gasteiger partial charge in [0.05, 0.1) is 22.9 Å². The third kappa shape index (κ3) is 7.14. The maximum Gasteiger partial charge on any atom is 0.138 e. The lowest BCUT2D eigenvalue weighted by atomic mass is 9.85. The molecule has 5 heteroatoms. The van der Waals surface area contributed by atoms with Crippen molar-refractivity contribution in [2.24, 2.45) is 0 Å². The summed E-state index contributed by atoms with van der Waals surface area (Å²) >= 11 is 0. The van der Waals surface area contributed by atoms with E-state index in [4.69, 9.17) is 14.8 Å². The summed E-state index contributed by atoms with van der Waals surface area (Å²) in [6.45, 7) is 22.4. The van der Waals surface area contributed by atoms with Crippen LogP contribution in [0.3, 0.4) is 0 Å². The van der Waals surface area contributed by atoms with E-state index in [1.54, 1.807) is 0 Å². The molecule has 0 radical (unpaired) electrons. The summed E-state index contributed by atoms with van der Waals surface area (Å²) in [6.07, 6.45) is 6.02. The number of nitrogens with zero attached hydrogens (tertiary/aromatic N) is 4. The molecule has 0 aliphatic carbocycles. The maximum atomic E-state index is 6.64. The molecule has 3 aromatic heterocycles. The van der Waals surface area contributed by atoms with Crippen molar-refractivity contribution in [1.82, 2.24) is 19.3 Å². The van der Waals surface area contributed by atoms with Crippen molar-refractivity contribution in [3.63, 3.8) is 0 Å². The number of benzene rings is 5.